The molecule has 0 aliphatic rings. The highest BCUT2D eigenvalue weighted by atomic mass is 32.2. The van der Waals surface area contributed by atoms with Crippen LogP contribution in [0.1, 0.15) is 36.7 Å². The Morgan fingerprint density at radius 1 is 1.28 bits per heavy atom. The third kappa shape index (κ3) is 4.02. The van der Waals surface area contributed by atoms with Gasteiger partial charge in [0.1, 0.15) is 5.76 Å². The number of thioether (sulfide) groups is 1. The van der Waals surface area contributed by atoms with Gasteiger partial charge in [-0.1, -0.05) is 49.0 Å². The van der Waals surface area contributed by atoms with Crippen LogP contribution in [0.4, 0.5) is 5.82 Å². The number of aromatic nitrogens is 2. The van der Waals surface area contributed by atoms with E-state index in [2.05, 4.69) is 49.4 Å². The van der Waals surface area contributed by atoms with Gasteiger partial charge in [0, 0.05) is 11.5 Å². The molecule has 0 aliphatic heterocycles. The summed E-state index contributed by atoms with van der Waals surface area (Å²) in [6.07, 6.45) is 0. The fraction of sp³-hybridized carbons (Fsp3) is 0.316. The number of carbonyl (C=O) groups excluding carboxylic acids is 1. The zero-order valence-electron chi connectivity index (χ0n) is 14.8. The van der Waals surface area contributed by atoms with Gasteiger partial charge in [0.05, 0.1) is 16.3 Å². The topological polar surface area (TPSA) is 68.0 Å². The first-order valence-electron chi connectivity index (χ1n) is 8.20. The maximum absolute atomic E-state index is 12.1. The summed E-state index contributed by atoms with van der Waals surface area (Å²) in [4.78, 5) is 16.9. The van der Waals surface area contributed by atoms with Gasteiger partial charge in [-0.2, -0.15) is 0 Å². The van der Waals surface area contributed by atoms with E-state index in [-0.39, 0.29) is 11.7 Å². The van der Waals surface area contributed by atoms with Crippen molar-refractivity contribution >= 4 is 34.4 Å². The monoisotopic (exact) mass is 355 g/mol. The molecule has 1 aromatic carbocycles. The quantitative estimate of drug-likeness (QED) is 0.672. The summed E-state index contributed by atoms with van der Waals surface area (Å²) in [5.41, 5.74) is 3.42. The van der Waals surface area contributed by atoms with Crippen molar-refractivity contribution in [3.63, 3.8) is 0 Å². The molecule has 0 atom stereocenters. The van der Waals surface area contributed by atoms with E-state index in [1.807, 2.05) is 6.07 Å². The lowest BCUT2D eigenvalue weighted by molar-refractivity contribution is -0.113. The summed E-state index contributed by atoms with van der Waals surface area (Å²) in [5, 5.41) is 8.50. The van der Waals surface area contributed by atoms with Gasteiger partial charge in [-0.05, 0) is 37.0 Å². The Morgan fingerprint density at radius 2 is 2.08 bits per heavy atom. The molecule has 0 saturated carbocycles. The molecule has 0 fully saturated rings. The molecule has 6 heteroatoms. The number of hydrogen-bond donors (Lipinski definition) is 1. The molecule has 3 aromatic rings. The van der Waals surface area contributed by atoms with Crippen LogP contribution in [-0.4, -0.2) is 21.8 Å². The van der Waals surface area contributed by atoms with Crippen molar-refractivity contribution in [2.24, 2.45) is 0 Å². The van der Waals surface area contributed by atoms with Crippen LogP contribution in [0.15, 0.2) is 39.9 Å². The molecule has 0 bridgehead atoms. The first kappa shape index (κ1) is 17.5. The van der Waals surface area contributed by atoms with Gasteiger partial charge in [-0.3, -0.25) is 4.79 Å². The van der Waals surface area contributed by atoms with Gasteiger partial charge in [0.15, 0.2) is 5.82 Å². The zero-order chi connectivity index (χ0) is 18.0. The molecule has 5 nitrogen and oxygen atoms in total. The fourth-order valence-corrected chi connectivity index (χ4v) is 3.46. The van der Waals surface area contributed by atoms with Gasteiger partial charge in [-0.15, -0.1) is 0 Å². The lowest BCUT2D eigenvalue weighted by Crippen LogP contribution is -2.14. The second-order valence-corrected chi connectivity index (χ2v) is 7.33. The molecule has 0 unspecified atom stereocenters. The number of amides is 1. The van der Waals surface area contributed by atoms with Crippen molar-refractivity contribution in [1.29, 1.82) is 0 Å². The Bertz CT molecular complexity index is 918. The first-order chi connectivity index (χ1) is 11.9. The summed E-state index contributed by atoms with van der Waals surface area (Å²) >= 11 is 1.42. The van der Waals surface area contributed by atoms with E-state index < -0.39 is 0 Å². The molecule has 1 amide bonds. The Morgan fingerprint density at radius 3 is 2.76 bits per heavy atom. The SMILES string of the molecule is Cc1cc(NC(=O)CSc2cc(C)c3cccc(C(C)C)c3n2)no1. The molecule has 2 aromatic heterocycles. The Labute approximate surface area is 151 Å². The highest BCUT2D eigenvalue weighted by Gasteiger charge is 2.12. The van der Waals surface area contributed by atoms with E-state index >= 15 is 0 Å². The van der Waals surface area contributed by atoms with Crippen molar-refractivity contribution in [2.45, 2.75) is 38.6 Å². The number of pyridine rings is 1. The van der Waals surface area contributed by atoms with Crippen molar-refractivity contribution in [3.8, 4) is 0 Å². The number of benzene rings is 1. The number of carbonyl (C=O) groups is 1. The number of hydrogen-bond acceptors (Lipinski definition) is 5. The van der Waals surface area contributed by atoms with Crippen molar-refractivity contribution < 1.29 is 9.32 Å². The normalized spacial score (nSPS) is 11.2. The minimum atomic E-state index is -0.130. The maximum Gasteiger partial charge on any atom is 0.236 e. The number of anilines is 1. The molecule has 0 aliphatic carbocycles. The summed E-state index contributed by atoms with van der Waals surface area (Å²) in [5.74, 6) is 1.64. The van der Waals surface area contributed by atoms with E-state index in [1.165, 1.54) is 22.9 Å². The average molecular weight is 355 g/mol. The Hall–Kier alpha value is -2.34. The fourth-order valence-electron chi connectivity index (χ4n) is 2.69. The second-order valence-electron chi connectivity index (χ2n) is 6.34. The number of rotatable bonds is 5. The third-order valence-electron chi connectivity index (χ3n) is 3.92. The van der Waals surface area contributed by atoms with Crippen LogP contribution >= 0.6 is 11.8 Å². The zero-order valence-corrected chi connectivity index (χ0v) is 15.6. The lowest BCUT2D eigenvalue weighted by atomic mass is 9.98. The van der Waals surface area contributed by atoms with Crippen LogP contribution in [0.3, 0.4) is 0 Å². The second kappa shape index (κ2) is 7.27. The summed E-state index contributed by atoms with van der Waals surface area (Å²) in [7, 11) is 0. The molecule has 1 N–H and O–H groups in total. The Kier molecular flexibility index (Phi) is 5.08. The maximum atomic E-state index is 12.1. The Balaban J connectivity index is 1.77. The molecular formula is C19H21N3O2S. The molecule has 3 rings (SSSR count). The standard InChI is InChI=1S/C19H21N3O2S/c1-11(2)14-6-5-7-15-12(3)8-18(21-19(14)15)25-10-17(23)20-16-9-13(4)24-22-16/h5-9,11H,10H2,1-4H3,(H,20,22,23). The van der Waals surface area contributed by atoms with Gasteiger partial charge >= 0.3 is 0 Å². The van der Waals surface area contributed by atoms with Crippen LogP contribution in [0.2, 0.25) is 0 Å². The van der Waals surface area contributed by atoms with Crippen LogP contribution in [0.25, 0.3) is 10.9 Å². The van der Waals surface area contributed by atoms with Crippen molar-refractivity contribution in [1.82, 2.24) is 10.1 Å². The molecule has 0 radical (unpaired) electrons. The molecule has 0 spiro atoms. The lowest BCUT2D eigenvalue weighted by Gasteiger charge is -2.12. The number of aryl methyl sites for hydroxylation is 2. The van der Waals surface area contributed by atoms with E-state index in [0.717, 1.165) is 15.9 Å². The van der Waals surface area contributed by atoms with Crippen LogP contribution in [0.5, 0.6) is 0 Å². The number of fused-ring (bicyclic) bond motifs is 1. The van der Waals surface area contributed by atoms with Gasteiger partial charge in [0.25, 0.3) is 0 Å². The minimum absolute atomic E-state index is 0.130. The summed E-state index contributed by atoms with van der Waals surface area (Å²) in [6, 6.07) is 10.0. The summed E-state index contributed by atoms with van der Waals surface area (Å²) < 4.78 is 4.94. The molecule has 2 heterocycles. The van der Waals surface area contributed by atoms with Crippen LogP contribution < -0.4 is 5.32 Å². The van der Waals surface area contributed by atoms with E-state index in [0.29, 0.717) is 17.5 Å². The van der Waals surface area contributed by atoms with Crippen molar-refractivity contribution in [2.75, 3.05) is 11.1 Å². The molecular weight excluding hydrogens is 334 g/mol. The highest BCUT2D eigenvalue weighted by Crippen LogP contribution is 2.29. The van der Waals surface area contributed by atoms with E-state index in [9.17, 15) is 4.79 Å². The van der Waals surface area contributed by atoms with Crippen LogP contribution in [0, 0.1) is 13.8 Å². The van der Waals surface area contributed by atoms with E-state index in [4.69, 9.17) is 9.51 Å². The average Bonchev–Trinajstić information content (AvgIpc) is 2.97. The number of nitrogens with zero attached hydrogens (tertiary/aromatic N) is 2. The third-order valence-corrected chi connectivity index (χ3v) is 4.83. The smallest absolute Gasteiger partial charge is 0.236 e. The minimum Gasteiger partial charge on any atom is -0.360 e. The summed E-state index contributed by atoms with van der Waals surface area (Å²) in [6.45, 7) is 8.19. The molecule has 0 saturated heterocycles. The first-order valence-corrected chi connectivity index (χ1v) is 9.19. The van der Waals surface area contributed by atoms with E-state index in [1.54, 1.807) is 13.0 Å². The van der Waals surface area contributed by atoms with Gasteiger partial charge in [-0.25, -0.2) is 4.98 Å². The molecule has 130 valence electrons. The number of nitrogens with one attached hydrogen (secondary N) is 1. The van der Waals surface area contributed by atoms with Crippen LogP contribution in [-0.2, 0) is 4.79 Å². The highest BCUT2D eigenvalue weighted by molar-refractivity contribution is 7.99. The predicted octanol–water partition coefficient (Wildman–Crippen LogP) is 4.69. The van der Waals surface area contributed by atoms with Gasteiger partial charge in [0.2, 0.25) is 5.91 Å². The predicted molar refractivity (Wildman–Crippen MR) is 101 cm³/mol. The largest absolute Gasteiger partial charge is 0.360 e. The molecule has 25 heavy (non-hydrogen) atoms. The van der Waals surface area contributed by atoms with Gasteiger partial charge < -0.3 is 9.84 Å². The van der Waals surface area contributed by atoms with Crippen molar-refractivity contribution in [3.05, 3.63) is 47.2 Å². The number of para-hydroxylation sites is 1.